The van der Waals surface area contributed by atoms with E-state index in [2.05, 4.69) is 29.4 Å². The van der Waals surface area contributed by atoms with E-state index in [1.54, 1.807) is 0 Å². The zero-order valence-corrected chi connectivity index (χ0v) is 16.9. The van der Waals surface area contributed by atoms with Gasteiger partial charge in [-0.05, 0) is 37.8 Å². The van der Waals surface area contributed by atoms with Crippen LogP contribution in [0.5, 0.6) is 0 Å². The van der Waals surface area contributed by atoms with Crippen molar-refractivity contribution in [2.75, 3.05) is 0 Å². The smallest absolute Gasteiger partial charge is 0.248 e. The number of carbonyl (C=O) groups is 1. The molecule has 4 heteroatoms. The fourth-order valence-corrected chi connectivity index (χ4v) is 3.34. The minimum absolute atomic E-state index is 0.0241. The highest BCUT2D eigenvalue weighted by Gasteiger charge is 2.10. The van der Waals surface area contributed by atoms with Gasteiger partial charge in [0.15, 0.2) is 0 Å². The van der Waals surface area contributed by atoms with Crippen LogP contribution >= 0.6 is 0 Å². The highest BCUT2D eigenvalue weighted by molar-refractivity contribution is 5.88. The topological polar surface area (TPSA) is 47.8 Å². The summed E-state index contributed by atoms with van der Waals surface area (Å²) in [5.74, 6) is 0.0241. The summed E-state index contributed by atoms with van der Waals surface area (Å²) in [6, 6.07) is 7.58. The Hall–Kier alpha value is -1.97. The Morgan fingerprint density at radius 3 is 2.26 bits per heavy atom. The predicted molar refractivity (Wildman–Crippen MR) is 113 cm³/mol. The van der Waals surface area contributed by atoms with E-state index in [1.807, 2.05) is 24.3 Å². The molecule has 1 aromatic carbocycles. The summed E-state index contributed by atoms with van der Waals surface area (Å²) < 4.78 is 1.43. The first-order valence-corrected chi connectivity index (χ1v) is 10.8. The summed E-state index contributed by atoms with van der Waals surface area (Å²) in [5, 5.41) is 8.01. The SMILES string of the molecule is CCCCCCCCCCC/C=C/CCCC(=O)n1nnc2ccccc21. The van der Waals surface area contributed by atoms with Crippen LogP contribution in [-0.2, 0) is 0 Å². The quantitative estimate of drug-likeness (QED) is 0.274. The van der Waals surface area contributed by atoms with E-state index in [9.17, 15) is 4.79 Å². The number of fused-ring (bicyclic) bond motifs is 1. The number of benzene rings is 1. The molecule has 2 aromatic rings. The fraction of sp³-hybridized carbons (Fsp3) is 0.609. The molecule has 1 aromatic heterocycles. The van der Waals surface area contributed by atoms with Crippen LogP contribution in [0.4, 0.5) is 0 Å². The average molecular weight is 370 g/mol. The molecule has 0 aliphatic carbocycles. The van der Waals surface area contributed by atoms with Crippen LogP contribution in [0.3, 0.4) is 0 Å². The molecule has 27 heavy (non-hydrogen) atoms. The van der Waals surface area contributed by atoms with E-state index in [1.165, 1.54) is 62.5 Å². The first-order valence-electron chi connectivity index (χ1n) is 10.8. The maximum absolute atomic E-state index is 12.3. The molecule has 0 saturated carbocycles. The van der Waals surface area contributed by atoms with Gasteiger partial charge in [-0.15, -0.1) is 5.10 Å². The third-order valence-electron chi connectivity index (χ3n) is 4.99. The third-order valence-corrected chi connectivity index (χ3v) is 4.99. The lowest BCUT2D eigenvalue weighted by Gasteiger charge is -2.01. The van der Waals surface area contributed by atoms with E-state index in [-0.39, 0.29) is 5.91 Å². The zero-order chi connectivity index (χ0) is 19.2. The minimum atomic E-state index is 0.0241. The van der Waals surface area contributed by atoms with Crippen LogP contribution in [0.2, 0.25) is 0 Å². The number of rotatable bonds is 14. The lowest BCUT2D eigenvalue weighted by atomic mass is 10.1. The van der Waals surface area contributed by atoms with Crippen molar-refractivity contribution in [1.82, 2.24) is 15.0 Å². The monoisotopic (exact) mass is 369 g/mol. The second-order valence-corrected chi connectivity index (χ2v) is 7.36. The molecule has 0 aliphatic rings. The number of unbranched alkanes of at least 4 members (excludes halogenated alkanes) is 10. The summed E-state index contributed by atoms with van der Waals surface area (Å²) in [5.41, 5.74) is 1.56. The Morgan fingerprint density at radius 2 is 1.52 bits per heavy atom. The number of carbonyl (C=O) groups excluding carboxylic acids is 1. The van der Waals surface area contributed by atoms with E-state index in [0.29, 0.717) is 6.42 Å². The molecule has 0 radical (unpaired) electrons. The standard InChI is InChI=1S/C23H35N3O/c1-2-3-4-5-6-7-8-9-10-11-12-13-14-15-20-23(27)26-22-19-17-16-18-21(22)24-25-26/h12-13,16-19H,2-11,14-15,20H2,1H3/b13-12+. The molecule has 0 N–H and O–H groups in total. The van der Waals surface area contributed by atoms with Crippen LogP contribution in [0, 0.1) is 0 Å². The Labute approximate surface area is 164 Å². The van der Waals surface area contributed by atoms with Gasteiger partial charge in [-0.3, -0.25) is 4.79 Å². The molecule has 2 rings (SSSR count). The molecule has 0 bridgehead atoms. The van der Waals surface area contributed by atoms with Crippen molar-refractivity contribution in [2.45, 2.75) is 90.4 Å². The van der Waals surface area contributed by atoms with Gasteiger partial charge < -0.3 is 0 Å². The summed E-state index contributed by atoms with van der Waals surface area (Å²) >= 11 is 0. The summed E-state index contributed by atoms with van der Waals surface area (Å²) in [7, 11) is 0. The van der Waals surface area contributed by atoms with Crippen LogP contribution in [0.1, 0.15) is 95.2 Å². The molecule has 0 saturated heterocycles. The van der Waals surface area contributed by atoms with Crippen LogP contribution in [0.25, 0.3) is 11.0 Å². The van der Waals surface area contributed by atoms with Crippen molar-refractivity contribution in [3.05, 3.63) is 36.4 Å². The van der Waals surface area contributed by atoms with Gasteiger partial charge in [0.1, 0.15) is 5.52 Å². The first-order chi connectivity index (χ1) is 13.3. The Morgan fingerprint density at radius 1 is 0.889 bits per heavy atom. The molecule has 1 heterocycles. The van der Waals surface area contributed by atoms with E-state index in [0.717, 1.165) is 30.3 Å². The number of aromatic nitrogens is 3. The summed E-state index contributed by atoms with van der Waals surface area (Å²) in [4.78, 5) is 12.3. The molecular weight excluding hydrogens is 334 g/mol. The first kappa shape index (κ1) is 21.3. The number of nitrogens with zero attached hydrogens (tertiary/aromatic N) is 3. The van der Waals surface area contributed by atoms with Gasteiger partial charge in [0.25, 0.3) is 0 Å². The average Bonchev–Trinajstić information content (AvgIpc) is 3.12. The predicted octanol–water partition coefficient (Wildman–Crippen LogP) is 6.72. The van der Waals surface area contributed by atoms with Crippen molar-refractivity contribution in [2.24, 2.45) is 0 Å². The second kappa shape index (κ2) is 13.2. The lowest BCUT2D eigenvalue weighted by Crippen LogP contribution is -2.11. The van der Waals surface area contributed by atoms with Gasteiger partial charge in [0, 0.05) is 6.42 Å². The van der Waals surface area contributed by atoms with Crippen LogP contribution in [-0.4, -0.2) is 20.9 Å². The zero-order valence-electron chi connectivity index (χ0n) is 16.9. The van der Waals surface area contributed by atoms with Crippen molar-refractivity contribution < 1.29 is 4.79 Å². The normalized spacial score (nSPS) is 11.6. The number of hydrogen-bond acceptors (Lipinski definition) is 3. The Kier molecular flexibility index (Phi) is 10.5. The van der Waals surface area contributed by atoms with Gasteiger partial charge in [0.2, 0.25) is 5.91 Å². The maximum atomic E-state index is 12.3. The van der Waals surface area contributed by atoms with Gasteiger partial charge in [-0.1, -0.05) is 87.8 Å². The molecule has 148 valence electrons. The molecule has 0 amide bonds. The van der Waals surface area contributed by atoms with Gasteiger partial charge in [0.05, 0.1) is 5.52 Å². The minimum Gasteiger partial charge on any atom is -0.273 e. The molecule has 4 nitrogen and oxygen atoms in total. The molecular formula is C23H35N3O. The Balaban J connectivity index is 1.47. The maximum Gasteiger partial charge on any atom is 0.248 e. The largest absolute Gasteiger partial charge is 0.273 e. The Bertz CT molecular complexity index is 690. The van der Waals surface area contributed by atoms with Crippen molar-refractivity contribution in [1.29, 1.82) is 0 Å². The van der Waals surface area contributed by atoms with Crippen molar-refractivity contribution >= 4 is 16.9 Å². The van der Waals surface area contributed by atoms with Crippen LogP contribution < -0.4 is 0 Å². The lowest BCUT2D eigenvalue weighted by molar-refractivity contribution is 0.0887. The highest BCUT2D eigenvalue weighted by Crippen LogP contribution is 2.12. The molecule has 0 unspecified atom stereocenters. The van der Waals surface area contributed by atoms with Crippen molar-refractivity contribution in [3.8, 4) is 0 Å². The van der Waals surface area contributed by atoms with Gasteiger partial charge in [-0.2, -0.15) is 4.68 Å². The van der Waals surface area contributed by atoms with E-state index < -0.39 is 0 Å². The fourth-order valence-electron chi connectivity index (χ4n) is 3.34. The number of allylic oxidation sites excluding steroid dienone is 2. The van der Waals surface area contributed by atoms with Crippen molar-refractivity contribution in [3.63, 3.8) is 0 Å². The summed E-state index contributed by atoms with van der Waals surface area (Å²) in [6.45, 7) is 2.27. The number of para-hydroxylation sites is 1. The third kappa shape index (κ3) is 8.06. The number of hydrogen-bond donors (Lipinski definition) is 0. The second-order valence-electron chi connectivity index (χ2n) is 7.36. The molecule has 0 fully saturated rings. The van der Waals surface area contributed by atoms with E-state index >= 15 is 0 Å². The summed E-state index contributed by atoms with van der Waals surface area (Å²) in [6.07, 6.45) is 20.3. The van der Waals surface area contributed by atoms with Gasteiger partial charge in [-0.25, -0.2) is 0 Å². The molecule has 0 aliphatic heterocycles. The molecule has 0 atom stereocenters. The van der Waals surface area contributed by atoms with Gasteiger partial charge >= 0.3 is 0 Å². The molecule has 0 spiro atoms. The van der Waals surface area contributed by atoms with Crippen LogP contribution in [0.15, 0.2) is 36.4 Å². The highest BCUT2D eigenvalue weighted by atomic mass is 16.2. The van der Waals surface area contributed by atoms with E-state index in [4.69, 9.17) is 0 Å².